The number of aliphatic hydroxyl groups is 1. The predicted molar refractivity (Wildman–Crippen MR) is 144 cm³/mol. The maximum atomic E-state index is 12.6. The highest BCUT2D eigenvalue weighted by molar-refractivity contribution is 7.15. The second-order valence-electron chi connectivity index (χ2n) is 8.85. The molecule has 40 heavy (non-hydrogen) atoms. The number of rotatable bonds is 13. The van der Waals surface area contributed by atoms with Crippen molar-refractivity contribution in [1.29, 1.82) is 0 Å². The molecule has 0 bridgehead atoms. The van der Waals surface area contributed by atoms with Gasteiger partial charge in [-0.05, 0) is 48.6 Å². The van der Waals surface area contributed by atoms with Gasteiger partial charge in [0.05, 0.1) is 12.1 Å². The first-order valence-corrected chi connectivity index (χ1v) is 13.3. The zero-order valence-electron chi connectivity index (χ0n) is 21.3. The number of aliphatic hydroxyl groups excluding tert-OH is 1. The van der Waals surface area contributed by atoms with E-state index in [4.69, 9.17) is 0 Å². The van der Waals surface area contributed by atoms with Gasteiger partial charge in [0.2, 0.25) is 11.0 Å². The number of para-hydroxylation sites is 1. The molecule has 9 nitrogen and oxygen atoms in total. The first kappa shape index (κ1) is 28.9. The quantitative estimate of drug-likeness (QED) is 0.152. The molecule has 210 valence electrons. The van der Waals surface area contributed by atoms with Crippen molar-refractivity contribution >= 4 is 28.2 Å². The van der Waals surface area contributed by atoms with Crippen LogP contribution < -0.4 is 15.4 Å². The summed E-state index contributed by atoms with van der Waals surface area (Å²) in [6.07, 6.45) is -2.81. The van der Waals surface area contributed by atoms with Crippen LogP contribution in [0.3, 0.4) is 0 Å². The van der Waals surface area contributed by atoms with E-state index in [1.807, 2.05) is 30.3 Å². The Morgan fingerprint density at radius 3 is 2.42 bits per heavy atom. The zero-order valence-corrected chi connectivity index (χ0v) is 22.1. The molecule has 0 spiro atoms. The Hall–Kier alpha value is -4.10. The first-order valence-electron chi connectivity index (χ1n) is 12.5. The van der Waals surface area contributed by atoms with Gasteiger partial charge in [0.25, 0.3) is 0 Å². The lowest BCUT2D eigenvalue weighted by atomic mass is 10.1. The van der Waals surface area contributed by atoms with Gasteiger partial charge in [0, 0.05) is 12.8 Å². The second kappa shape index (κ2) is 13.8. The number of aryl methyl sites for hydroxylation is 2. The van der Waals surface area contributed by atoms with Gasteiger partial charge in [0.15, 0.2) is 5.82 Å². The maximum absolute atomic E-state index is 12.6. The van der Waals surface area contributed by atoms with Crippen molar-refractivity contribution < 1.29 is 27.8 Å². The molecule has 0 saturated heterocycles. The van der Waals surface area contributed by atoms with Gasteiger partial charge >= 0.3 is 6.36 Å². The highest BCUT2D eigenvalue weighted by Gasteiger charge is 2.32. The number of aromatic nitrogens is 4. The van der Waals surface area contributed by atoms with Crippen LogP contribution in [0.2, 0.25) is 0 Å². The van der Waals surface area contributed by atoms with E-state index in [0.29, 0.717) is 23.8 Å². The molecule has 0 fully saturated rings. The number of nitrogens with zero attached hydrogens (tertiary/aromatic N) is 4. The predicted octanol–water partition coefficient (Wildman–Crippen LogP) is 4.95. The number of unbranched alkanes of at least 4 members (excludes halogenated alkanes) is 1. The number of hydrogen-bond donors (Lipinski definition) is 3. The van der Waals surface area contributed by atoms with Crippen molar-refractivity contribution in [2.45, 2.75) is 51.1 Å². The van der Waals surface area contributed by atoms with Gasteiger partial charge in [-0.1, -0.05) is 59.9 Å². The zero-order chi connectivity index (χ0) is 28.4. The molecule has 4 rings (SSSR count). The number of carbonyl (C=O) groups excluding carboxylic acids is 1. The molecule has 2 aromatic carbocycles. The Labute approximate surface area is 232 Å². The van der Waals surface area contributed by atoms with Gasteiger partial charge in [-0.2, -0.15) is 5.10 Å². The molecular weight excluding hydrogens is 545 g/mol. The maximum Gasteiger partial charge on any atom is 0.573 e. The molecule has 0 aliphatic heterocycles. The summed E-state index contributed by atoms with van der Waals surface area (Å²) in [5, 5.41) is 33.5. The summed E-state index contributed by atoms with van der Waals surface area (Å²) in [7, 11) is 0. The Kier molecular flexibility index (Phi) is 9.97. The summed E-state index contributed by atoms with van der Waals surface area (Å²) in [5.74, 6) is -0.214. The van der Waals surface area contributed by atoms with Crippen LogP contribution in [0.5, 0.6) is 5.75 Å². The van der Waals surface area contributed by atoms with E-state index in [9.17, 15) is 23.1 Å². The largest absolute Gasteiger partial charge is 0.573 e. The molecule has 2 heterocycles. The fourth-order valence-corrected chi connectivity index (χ4v) is 4.63. The van der Waals surface area contributed by atoms with Crippen LogP contribution in [0.1, 0.15) is 34.7 Å². The van der Waals surface area contributed by atoms with Crippen LogP contribution in [-0.4, -0.2) is 44.0 Å². The second-order valence-corrected chi connectivity index (χ2v) is 9.91. The number of amides is 1. The topological polar surface area (TPSA) is 122 Å². The number of hydrogen-bond acceptors (Lipinski definition) is 9. The lowest BCUT2D eigenvalue weighted by molar-refractivity contribution is -0.275. The molecule has 13 heteroatoms. The van der Waals surface area contributed by atoms with E-state index in [-0.39, 0.29) is 30.1 Å². The van der Waals surface area contributed by atoms with Gasteiger partial charge < -0.3 is 20.5 Å². The Bertz CT molecular complexity index is 1370. The Morgan fingerprint density at radius 2 is 1.68 bits per heavy atom. The van der Waals surface area contributed by atoms with Gasteiger partial charge in [0.1, 0.15) is 17.0 Å². The number of ether oxygens (including phenoxy) is 1. The summed E-state index contributed by atoms with van der Waals surface area (Å²) in [6.45, 7) is 0. The normalized spacial score (nSPS) is 12.1. The summed E-state index contributed by atoms with van der Waals surface area (Å²) < 4.78 is 41.8. The summed E-state index contributed by atoms with van der Waals surface area (Å²) >= 11 is 1.35. The van der Waals surface area contributed by atoms with Crippen LogP contribution in [-0.2, 0) is 30.5 Å². The van der Waals surface area contributed by atoms with E-state index in [0.717, 1.165) is 29.1 Å². The van der Waals surface area contributed by atoms with E-state index >= 15 is 0 Å². The highest BCUT2D eigenvalue weighted by Crippen LogP contribution is 2.27. The van der Waals surface area contributed by atoms with Crippen molar-refractivity contribution in [2.75, 3.05) is 10.6 Å². The molecule has 0 aliphatic carbocycles. The summed E-state index contributed by atoms with van der Waals surface area (Å²) in [5.41, 5.74) is 1.88. The van der Waals surface area contributed by atoms with Crippen LogP contribution in [0.25, 0.3) is 0 Å². The molecule has 2 aromatic heterocycles. The SMILES string of the molecule is O=C(Cc1ccccc1)Nc1nnc(CCCCc2ccc(NC(O)Cc3ccccc3OC(F)(F)F)nn2)s1. The lowest BCUT2D eigenvalue weighted by Crippen LogP contribution is -2.24. The molecule has 0 saturated carbocycles. The smallest absolute Gasteiger partial charge is 0.406 e. The minimum absolute atomic E-state index is 0.125. The first-order chi connectivity index (χ1) is 19.2. The summed E-state index contributed by atoms with van der Waals surface area (Å²) in [6, 6.07) is 18.5. The number of benzene rings is 2. The molecule has 3 N–H and O–H groups in total. The number of alkyl halides is 3. The minimum atomic E-state index is -4.82. The van der Waals surface area contributed by atoms with E-state index in [1.54, 1.807) is 18.2 Å². The van der Waals surface area contributed by atoms with Gasteiger partial charge in [-0.3, -0.25) is 4.79 Å². The van der Waals surface area contributed by atoms with Crippen LogP contribution in [0.15, 0.2) is 66.7 Å². The molecule has 0 radical (unpaired) electrons. The average molecular weight is 573 g/mol. The minimum Gasteiger partial charge on any atom is -0.406 e. The molecule has 1 atom stereocenters. The van der Waals surface area contributed by atoms with Crippen molar-refractivity contribution in [1.82, 2.24) is 20.4 Å². The third-order valence-electron chi connectivity index (χ3n) is 5.64. The van der Waals surface area contributed by atoms with Crippen molar-refractivity contribution in [2.24, 2.45) is 0 Å². The lowest BCUT2D eigenvalue weighted by Gasteiger charge is -2.17. The van der Waals surface area contributed by atoms with Crippen LogP contribution in [0.4, 0.5) is 24.1 Å². The van der Waals surface area contributed by atoms with Crippen molar-refractivity contribution in [3.8, 4) is 5.75 Å². The van der Waals surface area contributed by atoms with Crippen molar-refractivity contribution in [3.05, 3.63) is 88.6 Å². The Morgan fingerprint density at radius 1 is 0.925 bits per heavy atom. The van der Waals surface area contributed by atoms with Crippen LogP contribution >= 0.6 is 11.3 Å². The number of anilines is 2. The molecule has 0 aliphatic rings. The fraction of sp³-hybridized carbons (Fsp3) is 0.296. The fourth-order valence-electron chi connectivity index (χ4n) is 3.83. The highest BCUT2D eigenvalue weighted by atomic mass is 32.1. The third-order valence-corrected chi connectivity index (χ3v) is 6.54. The molecule has 1 unspecified atom stereocenters. The monoisotopic (exact) mass is 572 g/mol. The number of nitrogens with one attached hydrogen (secondary N) is 2. The standard InChI is InChI=1S/C27H27F3N6O3S/c28-27(29,30)39-21-12-6-4-10-19(21)17-24(38)31-22-15-14-20(33-34-22)11-5-7-13-25-35-36-26(40-25)32-23(37)16-18-8-2-1-3-9-18/h1-4,6,8-10,12,14-15,24,38H,5,7,11,13,16-17H2,(H,31,34)(H,32,36,37). The number of halogens is 3. The average Bonchev–Trinajstić information content (AvgIpc) is 3.35. The molecular formula is C27H27F3N6O3S. The van der Waals surface area contributed by atoms with Crippen LogP contribution in [0, 0.1) is 0 Å². The summed E-state index contributed by atoms with van der Waals surface area (Å²) in [4.78, 5) is 12.2. The van der Waals surface area contributed by atoms with E-state index < -0.39 is 12.6 Å². The molecule has 4 aromatic rings. The van der Waals surface area contributed by atoms with E-state index in [2.05, 4.69) is 35.8 Å². The van der Waals surface area contributed by atoms with E-state index in [1.165, 1.54) is 29.5 Å². The number of carbonyl (C=O) groups is 1. The van der Waals surface area contributed by atoms with Gasteiger partial charge in [-0.25, -0.2) is 0 Å². The van der Waals surface area contributed by atoms with Gasteiger partial charge in [-0.15, -0.1) is 28.5 Å². The van der Waals surface area contributed by atoms with Crippen molar-refractivity contribution in [3.63, 3.8) is 0 Å². The third kappa shape index (κ3) is 9.58. The Balaban J connectivity index is 1.17. The molecule has 1 amide bonds.